The van der Waals surface area contributed by atoms with E-state index in [-0.39, 0.29) is 5.91 Å². The molecule has 6 heteroatoms. The van der Waals surface area contributed by atoms with Crippen molar-refractivity contribution in [1.82, 2.24) is 16.0 Å². The van der Waals surface area contributed by atoms with Gasteiger partial charge in [0.05, 0.1) is 6.54 Å². The average Bonchev–Trinajstić information content (AvgIpc) is 2.57. The summed E-state index contributed by atoms with van der Waals surface area (Å²) in [5.74, 6) is 0.743. The van der Waals surface area contributed by atoms with E-state index < -0.39 is 0 Å². The molecule has 0 aliphatic heterocycles. The molecule has 0 radical (unpaired) electrons. The van der Waals surface area contributed by atoms with Crippen LogP contribution in [0.25, 0.3) is 0 Å². The third kappa shape index (κ3) is 7.65. The lowest BCUT2D eigenvalue weighted by Gasteiger charge is -2.11. The molecule has 0 spiro atoms. The molecule has 128 valence electrons. The fourth-order valence-corrected chi connectivity index (χ4v) is 1.96. The predicted octanol–water partition coefficient (Wildman–Crippen LogP) is 1.53. The van der Waals surface area contributed by atoms with E-state index >= 15 is 0 Å². The van der Waals surface area contributed by atoms with Crippen LogP contribution in [-0.4, -0.2) is 45.2 Å². The van der Waals surface area contributed by atoms with Crippen molar-refractivity contribution in [3.05, 3.63) is 35.4 Å². The summed E-state index contributed by atoms with van der Waals surface area (Å²) >= 11 is 0. The number of methoxy groups -OCH3 is 1. The Morgan fingerprint density at radius 3 is 2.39 bits per heavy atom. The van der Waals surface area contributed by atoms with Gasteiger partial charge in [-0.05, 0) is 38.0 Å². The van der Waals surface area contributed by atoms with Crippen LogP contribution in [0.5, 0.6) is 0 Å². The van der Waals surface area contributed by atoms with Gasteiger partial charge < -0.3 is 20.7 Å². The minimum Gasteiger partial charge on any atom is -0.385 e. The van der Waals surface area contributed by atoms with Crippen LogP contribution >= 0.6 is 0 Å². The number of nitrogens with zero attached hydrogens (tertiary/aromatic N) is 1. The van der Waals surface area contributed by atoms with Crippen LogP contribution in [-0.2, 0) is 11.3 Å². The van der Waals surface area contributed by atoms with Crippen molar-refractivity contribution in [1.29, 1.82) is 0 Å². The number of carbonyl (C=O) groups is 1. The Bertz CT molecular complexity index is 486. The van der Waals surface area contributed by atoms with E-state index in [1.54, 1.807) is 7.11 Å². The molecular weight excluding hydrogens is 292 g/mol. The molecule has 0 unspecified atom stereocenters. The Balaban J connectivity index is 2.55. The molecule has 1 aromatic rings. The largest absolute Gasteiger partial charge is 0.385 e. The first kappa shape index (κ1) is 19.0. The molecule has 0 fully saturated rings. The fraction of sp³-hybridized carbons (Fsp3) is 0.529. The van der Waals surface area contributed by atoms with Crippen molar-refractivity contribution in [2.75, 3.05) is 33.4 Å². The third-order valence-corrected chi connectivity index (χ3v) is 3.14. The maximum atomic E-state index is 11.7. The van der Waals surface area contributed by atoms with Gasteiger partial charge in [0.1, 0.15) is 0 Å². The lowest BCUT2D eigenvalue weighted by atomic mass is 10.1. The minimum absolute atomic E-state index is 0.0456. The molecule has 0 saturated heterocycles. The van der Waals surface area contributed by atoms with Gasteiger partial charge in [-0.2, -0.15) is 0 Å². The summed E-state index contributed by atoms with van der Waals surface area (Å²) in [4.78, 5) is 16.3. The van der Waals surface area contributed by atoms with E-state index in [1.165, 1.54) is 0 Å². The Morgan fingerprint density at radius 1 is 1.09 bits per heavy atom. The molecule has 0 aliphatic carbocycles. The molecule has 0 saturated carbocycles. The third-order valence-electron chi connectivity index (χ3n) is 3.14. The van der Waals surface area contributed by atoms with Crippen LogP contribution in [0, 0.1) is 0 Å². The first-order valence-corrected chi connectivity index (χ1v) is 8.09. The van der Waals surface area contributed by atoms with E-state index in [2.05, 4.69) is 20.9 Å². The maximum Gasteiger partial charge on any atom is 0.251 e. The monoisotopic (exact) mass is 320 g/mol. The number of rotatable bonds is 9. The van der Waals surface area contributed by atoms with Crippen LogP contribution in [0.4, 0.5) is 0 Å². The number of guanidine groups is 1. The molecule has 1 rings (SSSR count). The van der Waals surface area contributed by atoms with Crippen molar-refractivity contribution < 1.29 is 9.53 Å². The molecule has 23 heavy (non-hydrogen) atoms. The topological polar surface area (TPSA) is 74.8 Å². The first-order chi connectivity index (χ1) is 11.2. The average molecular weight is 320 g/mol. The highest BCUT2D eigenvalue weighted by Gasteiger charge is 2.03. The maximum absolute atomic E-state index is 11.7. The lowest BCUT2D eigenvalue weighted by molar-refractivity contribution is 0.0956. The quantitative estimate of drug-likeness (QED) is 0.366. The number of hydrogen-bond donors (Lipinski definition) is 3. The van der Waals surface area contributed by atoms with Gasteiger partial charge in [0, 0.05) is 38.9 Å². The van der Waals surface area contributed by atoms with Gasteiger partial charge in [-0.15, -0.1) is 0 Å². The van der Waals surface area contributed by atoms with Gasteiger partial charge in [-0.3, -0.25) is 4.79 Å². The number of hydrogen-bond acceptors (Lipinski definition) is 3. The molecule has 3 N–H and O–H groups in total. The zero-order valence-electron chi connectivity index (χ0n) is 14.3. The Morgan fingerprint density at radius 2 is 1.78 bits per heavy atom. The van der Waals surface area contributed by atoms with Gasteiger partial charge in [0.25, 0.3) is 5.91 Å². The molecule has 0 aromatic heterocycles. The lowest BCUT2D eigenvalue weighted by Crippen LogP contribution is -2.38. The number of nitrogens with one attached hydrogen (secondary N) is 3. The SMILES string of the molecule is CCNC(=O)c1ccc(CN=C(NCC)NCCCOC)cc1. The highest BCUT2D eigenvalue weighted by molar-refractivity contribution is 5.94. The summed E-state index contributed by atoms with van der Waals surface area (Å²) in [6.45, 7) is 7.49. The molecule has 0 bridgehead atoms. The summed E-state index contributed by atoms with van der Waals surface area (Å²) in [6, 6.07) is 7.52. The molecule has 6 nitrogen and oxygen atoms in total. The van der Waals surface area contributed by atoms with E-state index in [0.717, 1.165) is 37.6 Å². The molecule has 1 amide bonds. The molecular formula is C17H28N4O2. The van der Waals surface area contributed by atoms with Crippen molar-refractivity contribution in [3.8, 4) is 0 Å². The first-order valence-electron chi connectivity index (χ1n) is 8.09. The molecule has 0 aliphatic rings. The van der Waals surface area contributed by atoms with Crippen LogP contribution in [0.3, 0.4) is 0 Å². The van der Waals surface area contributed by atoms with E-state index in [4.69, 9.17) is 4.74 Å². The Kier molecular flexibility index (Phi) is 9.47. The van der Waals surface area contributed by atoms with E-state index in [9.17, 15) is 4.79 Å². The zero-order valence-corrected chi connectivity index (χ0v) is 14.3. The van der Waals surface area contributed by atoms with Gasteiger partial charge in [0.15, 0.2) is 5.96 Å². The smallest absolute Gasteiger partial charge is 0.251 e. The second kappa shape index (κ2) is 11.5. The number of amides is 1. The summed E-state index contributed by atoms with van der Waals surface area (Å²) in [5.41, 5.74) is 1.73. The Hall–Kier alpha value is -2.08. The fourth-order valence-electron chi connectivity index (χ4n) is 1.96. The van der Waals surface area contributed by atoms with Crippen molar-refractivity contribution in [2.45, 2.75) is 26.8 Å². The highest BCUT2D eigenvalue weighted by atomic mass is 16.5. The summed E-state index contributed by atoms with van der Waals surface area (Å²) in [5, 5.41) is 9.26. The minimum atomic E-state index is -0.0456. The van der Waals surface area contributed by atoms with Crippen LogP contribution < -0.4 is 16.0 Å². The standard InChI is InChI=1S/C17H28N4O2/c1-4-18-16(22)15-9-7-14(8-10-15)13-21-17(19-5-2)20-11-6-12-23-3/h7-10H,4-6,11-13H2,1-3H3,(H,18,22)(H2,19,20,21). The summed E-state index contributed by atoms with van der Waals surface area (Å²) in [7, 11) is 1.70. The Labute approximate surface area is 138 Å². The summed E-state index contributed by atoms with van der Waals surface area (Å²) in [6.07, 6.45) is 0.933. The highest BCUT2D eigenvalue weighted by Crippen LogP contribution is 2.05. The molecule has 0 atom stereocenters. The second-order valence-electron chi connectivity index (χ2n) is 5.02. The number of benzene rings is 1. The van der Waals surface area contributed by atoms with Gasteiger partial charge in [-0.25, -0.2) is 4.99 Å². The van der Waals surface area contributed by atoms with Crippen molar-refractivity contribution in [2.24, 2.45) is 4.99 Å². The number of carbonyl (C=O) groups excluding carboxylic acids is 1. The van der Waals surface area contributed by atoms with Crippen LogP contribution in [0.2, 0.25) is 0 Å². The van der Waals surface area contributed by atoms with Crippen LogP contribution in [0.15, 0.2) is 29.3 Å². The van der Waals surface area contributed by atoms with Gasteiger partial charge in [-0.1, -0.05) is 12.1 Å². The predicted molar refractivity (Wildman–Crippen MR) is 93.8 cm³/mol. The number of ether oxygens (including phenoxy) is 1. The van der Waals surface area contributed by atoms with Crippen molar-refractivity contribution >= 4 is 11.9 Å². The van der Waals surface area contributed by atoms with Gasteiger partial charge >= 0.3 is 0 Å². The van der Waals surface area contributed by atoms with E-state index in [1.807, 2.05) is 38.1 Å². The second-order valence-corrected chi connectivity index (χ2v) is 5.02. The molecule has 1 aromatic carbocycles. The van der Waals surface area contributed by atoms with Gasteiger partial charge in [0.2, 0.25) is 0 Å². The van der Waals surface area contributed by atoms with E-state index in [0.29, 0.717) is 18.7 Å². The normalized spacial score (nSPS) is 11.2. The number of aliphatic imine (C=N–C) groups is 1. The zero-order chi connectivity index (χ0) is 16.9. The van der Waals surface area contributed by atoms with Crippen molar-refractivity contribution in [3.63, 3.8) is 0 Å². The molecule has 0 heterocycles. The van der Waals surface area contributed by atoms with Crippen LogP contribution in [0.1, 0.15) is 36.2 Å². The summed E-state index contributed by atoms with van der Waals surface area (Å²) < 4.78 is 5.03.